The summed E-state index contributed by atoms with van der Waals surface area (Å²) in [4.78, 5) is 10.8. The quantitative estimate of drug-likeness (QED) is 0.841. The fourth-order valence-electron chi connectivity index (χ4n) is 3.57. The van der Waals surface area contributed by atoms with Gasteiger partial charge in [-0.15, -0.1) is 11.3 Å². The Labute approximate surface area is 137 Å². The third kappa shape index (κ3) is 3.40. The molecular formula is C18H25N3S. The average molecular weight is 315 g/mol. The van der Waals surface area contributed by atoms with Gasteiger partial charge >= 0.3 is 0 Å². The number of aromatic nitrogens is 1. The fraction of sp³-hybridized carbons (Fsp3) is 0.500. The highest BCUT2D eigenvalue weighted by Gasteiger charge is 2.33. The normalized spacial score (nSPS) is 22.5. The lowest BCUT2D eigenvalue weighted by Crippen LogP contribution is -2.29. The van der Waals surface area contributed by atoms with Crippen LogP contribution in [0.1, 0.15) is 28.5 Å². The van der Waals surface area contributed by atoms with Crippen molar-refractivity contribution in [1.29, 1.82) is 0 Å². The minimum absolute atomic E-state index is 0.501. The minimum Gasteiger partial charge on any atom is -0.301 e. The molecule has 3 rings (SSSR count). The second kappa shape index (κ2) is 6.90. The highest BCUT2D eigenvalue weighted by atomic mass is 32.1. The van der Waals surface area contributed by atoms with Gasteiger partial charge in [0.25, 0.3) is 0 Å². The molecule has 0 amide bonds. The van der Waals surface area contributed by atoms with E-state index in [2.05, 4.69) is 59.4 Å². The van der Waals surface area contributed by atoms with Crippen LogP contribution in [0.25, 0.3) is 0 Å². The standard InChI is InChI=1S/C18H25N3S/c1-14-7-10-22-17(14)13-20(2)12-16-6-9-21(3)18(16)15-5-4-8-19-11-15/h4-5,7-8,10-11,16,18H,6,9,12-13H2,1-3H3/t16-,18-/m0/s1. The van der Waals surface area contributed by atoms with E-state index in [0.717, 1.165) is 13.1 Å². The predicted octanol–water partition coefficient (Wildman–Crippen LogP) is 3.58. The highest BCUT2D eigenvalue weighted by molar-refractivity contribution is 7.10. The van der Waals surface area contributed by atoms with Crippen molar-refractivity contribution in [3.63, 3.8) is 0 Å². The number of aryl methyl sites for hydroxylation is 1. The Morgan fingerprint density at radius 2 is 2.27 bits per heavy atom. The number of hydrogen-bond acceptors (Lipinski definition) is 4. The lowest BCUT2D eigenvalue weighted by atomic mass is 9.94. The number of likely N-dealkylation sites (tertiary alicyclic amines) is 1. The molecule has 0 radical (unpaired) electrons. The number of nitrogens with zero attached hydrogens (tertiary/aromatic N) is 3. The van der Waals surface area contributed by atoms with Crippen LogP contribution in [0.4, 0.5) is 0 Å². The van der Waals surface area contributed by atoms with Crippen molar-refractivity contribution < 1.29 is 0 Å². The van der Waals surface area contributed by atoms with Crippen LogP contribution in [-0.4, -0.2) is 42.0 Å². The molecule has 22 heavy (non-hydrogen) atoms. The van der Waals surface area contributed by atoms with Gasteiger partial charge in [0.2, 0.25) is 0 Å². The maximum absolute atomic E-state index is 4.31. The lowest BCUT2D eigenvalue weighted by Gasteiger charge is -2.28. The van der Waals surface area contributed by atoms with Crippen molar-refractivity contribution in [3.8, 4) is 0 Å². The zero-order chi connectivity index (χ0) is 15.5. The molecular weight excluding hydrogens is 290 g/mol. The Kier molecular flexibility index (Phi) is 4.91. The van der Waals surface area contributed by atoms with Crippen molar-refractivity contribution in [2.45, 2.75) is 25.9 Å². The van der Waals surface area contributed by atoms with E-state index in [1.54, 1.807) is 0 Å². The van der Waals surface area contributed by atoms with Crippen molar-refractivity contribution >= 4 is 11.3 Å². The summed E-state index contributed by atoms with van der Waals surface area (Å²) in [7, 11) is 4.48. The highest BCUT2D eigenvalue weighted by Crippen LogP contribution is 2.36. The first-order valence-corrected chi connectivity index (χ1v) is 8.85. The molecule has 0 aromatic carbocycles. The molecule has 2 aromatic heterocycles. The molecule has 0 saturated carbocycles. The molecule has 1 aliphatic rings. The summed E-state index contributed by atoms with van der Waals surface area (Å²) in [5.74, 6) is 0.680. The number of rotatable bonds is 5. The molecule has 0 N–H and O–H groups in total. The van der Waals surface area contributed by atoms with Gasteiger partial charge in [0.15, 0.2) is 0 Å². The van der Waals surface area contributed by atoms with Crippen molar-refractivity contribution in [3.05, 3.63) is 52.0 Å². The molecule has 3 nitrogen and oxygen atoms in total. The molecule has 2 aromatic rings. The van der Waals surface area contributed by atoms with E-state index < -0.39 is 0 Å². The van der Waals surface area contributed by atoms with Gasteiger partial charge in [0.05, 0.1) is 0 Å². The SMILES string of the molecule is Cc1ccsc1CN(C)C[C@@H]1CCN(C)[C@H]1c1cccnc1. The van der Waals surface area contributed by atoms with E-state index >= 15 is 0 Å². The molecule has 0 unspecified atom stereocenters. The molecule has 118 valence electrons. The third-order valence-electron chi connectivity index (χ3n) is 4.73. The first-order chi connectivity index (χ1) is 10.6. The Morgan fingerprint density at radius 1 is 1.41 bits per heavy atom. The maximum atomic E-state index is 4.31. The fourth-order valence-corrected chi connectivity index (χ4v) is 4.56. The predicted molar refractivity (Wildman–Crippen MR) is 93.1 cm³/mol. The zero-order valence-corrected chi connectivity index (χ0v) is 14.5. The molecule has 1 fully saturated rings. The number of hydrogen-bond donors (Lipinski definition) is 0. The van der Waals surface area contributed by atoms with Crippen LogP contribution in [0.3, 0.4) is 0 Å². The number of thiophene rings is 1. The average Bonchev–Trinajstić information content (AvgIpc) is 3.07. The summed E-state index contributed by atoms with van der Waals surface area (Å²) in [6.45, 7) is 5.59. The molecule has 0 spiro atoms. The second-order valence-electron chi connectivity index (χ2n) is 6.48. The van der Waals surface area contributed by atoms with Gasteiger partial charge in [-0.1, -0.05) is 6.07 Å². The molecule has 3 heterocycles. The van der Waals surface area contributed by atoms with E-state index in [1.807, 2.05) is 23.7 Å². The van der Waals surface area contributed by atoms with Gasteiger partial charge in [0.1, 0.15) is 0 Å². The van der Waals surface area contributed by atoms with E-state index in [9.17, 15) is 0 Å². The van der Waals surface area contributed by atoms with Crippen molar-refractivity contribution in [1.82, 2.24) is 14.8 Å². The Balaban J connectivity index is 1.67. The van der Waals surface area contributed by atoms with E-state index in [0.29, 0.717) is 12.0 Å². The molecule has 1 aliphatic heterocycles. The van der Waals surface area contributed by atoms with Crippen LogP contribution < -0.4 is 0 Å². The van der Waals surface area contributed by atoms with Gasteiger partial charge in [-0.05, 0) is 68.5 Å². The Hall–Kier alpha value is -1.23. The molecule has 0 bridgehead atoms. The summed E-state index contributed by atoms with van der Waals surface area (Å²) in [6.07, 6.45) is 5.16. The summed E-state index contributed by atoms with van der Waals surface area (Å²) in [6, 6.07) is 6.99. The lowest BCUT2D eigenvalue weighted by molar-refractivity contribution is 0.214. The summed E-state index contributed by atoms with van der Waals surface area (Å²) in [5, 5.41) is 2.19. The summed E-state index contributed by atoms with van der Waals surface area (Å²) >= 11 is 1.87. The molecule has 2 atom stereocenters. The van der Waals surface area contributed by atoms with Gasteiger partial charge < -0.3 is 4.90 Å². The third-order valence-corrected chi connectivity index (χ3v) is 5.74. The van der Waals surface area contributed by atoms with E-state index in [1.165, 1.54) is 29.0 Å². The first-order valence-electron chi connectivity index (χ1n) is 7.97. The Bertz CT molecular complexity index is 595. The van der Waals surface area contributed by atoms with Gasteiger partial charge in [0, 0.05) is 36.4 Å². The van der Waals surface area contributed by atoms with Crippen molar-refractivity contribution in [2.75, 3.05) is 27.2 Å². The molecule has 0 aliphatic carbocycles. The van der Waals surface area contributed by atoms with Crippen LogP contribution in [-0.2, 0) is 6.54 Å². The topological polar surface area (TPSA) is 19.4 Å². The van der Waals surface area contributed by atoms with E-state index in [-0.39, 0.29) is 0 Å². The summed E-state index contributed by atoms with van der Waals surface area (Å²) in [5.41, 5.74) is 2.78. The van der Waals surface area contributed by atoms with Gasteiger partial charge in [-0.25, -0.2) is 0 Å². The zero-order valence-electron chi connectivity index (χ0n) is 13.7. The molecule has 4 heteroatoms. The minimum atomic E-state index is 0.501. The maximum Gasteiger partial charge on any atom is 0.0401 e. The smallest absolute Gasteiger partial charge is 0.0401 e. The monoisotopic (exact) mass is 315 g/mol. The van der Waals surface area contributed by atoms with Crippen LogP contribution >= 0.6 is 11.3 Å². The first kappa shape index (κ1) is 15.7. The van der Waals surface area contributed by atoms with Crippen LogP contribution in [0.5, 0.6) is 0 Å². The van der Waals surface area contributed by atoms with Gasteiger partial charge in [-0.3, -0.25) is 9.88 Å². The van der Waals surface area contributed by atoms with E-state index in [4.69, 9.17) is 0 Å². The van der Waals surface area contributed by atoms with Crippen LogP contribution in [0, 0.1) is 12.8 Å². The number of pyridine rings is 1. The second-order valence-corrected chi connectivity index (χ2v) is 7.48. The van der Waals surface area contributed by atoms with Crippen molar-refractivity contribution in [2.24, 2.45) is 5.92 Å². The Morgan fingerprint density at radius 3 is 2.95 bits per heavy atom. The van der Waals surface area contributed by atoms with Crippen LogP contribution in [0.15, 0.2) is 36.0 Å². The molecule has 1 saturated heterocycles. The van der Waals surface area contributed by atoms with Gasteiger partial charge in [-0.2, -0.15) is 0 Å². The summed E-state index contributed by atoms with van der Waals surface area (Å²) < 4.78 is 0. The van der Waals surface area contributed by atoms with Crippen LogP contribution in [0.2, 0.25) is 0 Å². The largest absolute Gasteiger partial charge is 0.301 e.